The average molecular weight is 342 g/mol. The number of methoxy groups -OCH3 is 1. The smallest absolute Gasteiger partial charge is 0.414 e. The molecule has 0 radical (unpaired) electrons. The van der Waals surface area contributed by atoms with E-state index in [0.29, 0.717) is 18.0 Å². The number of benzene rings is 1. The maximum absolute atomic E-state index is 12.1. The summed E-state index contributed by atoms with van der Waals surface area (Å²) < 4.78 is 11.0. The quantitative estimate of drug-likeness (QED) is 0.921. The van der Waals surface area contributed by atoms with Crippen molar-refractivity contribution in [1.82, 2.24) is 14.9 Å². The number of hydrogen-bond acceptors (Lipinski definition) is 6. The Morgan fingerprint density at radius 1 is 1.24 bits per heavy atom. The fourth-order valence-electron chi connectivity index (χ4n) is 2.74. The van der Waals surface area contributed by atoms with Gasteiger partial charge >= 0.3 is 6.09 Å². The lowest BCUT2D eigenvalue weighted by molar-refractivity contribution is 0.168. The first-order valence-electron chi connectivity index (χ1n) is 8.08. The Morgan fingerprint density at radius 2 is 2.00 bits per heavy atom. The van der Waals surface area contributed by atoms with Crippen molar-refractivity contribution in [3.8, 4) is 11.5 Å². The van der Waals surface area contributed by atoms with Gasteiger partial charge in [0.15, 0.2) is 11.5 Å². The van der Waals surface area contributed by atoms with Gasteiger partial charge in [0.1, 0.15) is 0 Å². The van der Waals surface area contributed by atoms with E-state index in [0.717, 1.165) is 29.8 Å². The number of ether oxygens (including phenoxy) is 2. The third-order valence-corrected chi connectivity index (χ3v) is 4.06. The van der Waals surface area contributed by atoms with Gasteiger partial charge in [0, 0.05) is 45.1 Å². The van der Waals surface area contributed by atoms with E-state index in [1.165, 1.54) is 4.90 Å². The van der Waals surface area contributed by atoms with Crippen LogP contribution in [0.5, 0.6) is 11.5 Å². The first kappa shape index (κ1) is 17.0. The number of carbonyl (C=O) groups is 1. The second kappa shape index (κ2) is 7.40. The molecular formula is C18H22N4O3. The molecule has 0 spiro atoms. The molecule has 132 valence electrons. The Morgan fingerprint density at radius 3 is 2.68 bits per heavy atom. The lowest BCUT2D eigenvalue weighted by Crippen LogP contribution is -2.36. The molecule has 1 N–H and O–H groups in total. The van der Waals surface area contributed by atoms with Crippen LogP contribution in [-0.4, -0.2) is 48.7 Å². The Labute approximate surface area is 147 Å². The van der Waals surface area contributed by atoms with Crippen molar-refractivity contribution in [2.45, 2.75) is 13.0 Å². The maximum Gasteiger partial charge on any atom is 0.414 e. The van der Waals surface area contributed by atoms with E-state index in [4.69, 9.17) is 9.47 Å². The van der Waals surface area contributed by atoms with Crippen molar-refractivity contribution in [1.29, 1.82) is 0 Å². The fraction of sp³-hybridized carbons (Fsp3) is 0.333. The molecule has 7 nitrogen and oxygen atoms in total. The zero-order valence-electron chi connectivity index (χ0n) is 14.7. The highest BCUT2D eigenvalue weighted by Gasteiger charge is 2.25. The highest BCUT2D eigenvalue weighted by atomic mass is 16.6. The third kappa shape index (κ3) is 3.83. The van der Waals surface area contributed by atoms with Gasteiger partial charge in [0.2, 0.25) is 0 Å². The zero-order chi connectivity index (χ0) is 17.8. The number of pyridine rings is 1. The highest BCUT2D eigenvalue weighted by molar-refractivity contribution is 5.72. The van der Waals surface area contributed by atoms with Gasteiger partial charge in [-0.3, -0.25) is 4.98 Å². The van der Waals surface area contributed by atoms with Crippen LogP contribution in [0.2, 0.25) is 0 Å². The number of nitrogens with one attached hydrogen (secondary N) is 1. The van der Waals surface area contributed by atoms with Gasteiger partial charge in [-0.25, -0.2) is 9.80 Å². The molecule has 0 saturated carbocycles. The molecule has 0 fully saturated rings. The second-order valence-electron chi connectivity index (χ2n) is 6.02. The lowest BCUT2D eigenvalue weighted by atomic mass is 9.99. The molecule has 2 heterocycles. The van der Waals surface area contributed by atoms with Crippen molar-refractivity contribution < 1.29 is 14.3 Å². The average Bonchev–Trinajstić information content (AvgIpc) is 2.62. The Hall–Kier alpha value is -2.80. The number of hydrazine groups is 1. The standard InChI is InChI=1S/C18H22N4O3/c1-21(2)18(23)25-17-15-12-22(20-14-6-9-19-10-7-14)11-8-13(15)4-5-16(17)24-3/h4-7,9-10H,8,11-12H2,1-3H3,(H,19,20). The van der Waals surface area contributed by atoms with Crippen LogP contribution < -0.4 is 14.9 Å². The highest BCUT2D eigenvalue weighted by Crippen LogP contribution is 2.37. The molecule has 2 aromatic rings. The molecule has 0 unspecified atom stereocenters. The number of rotatable bonds is 4. The monoisotopic (exact) mass is 342 g/mol. The van der Waals surface area contributed by atoms with Gasteiger partial charge in [-0.1, -0.05) is 6.07 Å². The number of aromatic nitrogens is 1. The summed E-state index contributed by atoms with van der Waals surface area (Å²) in [5, 5.41) is 2.09. The summed E-state index contributed by atoms with van der Waals surface area (Å²) in [6.45, 7) is 1.45. The number of anilines is 1. The normalized spacial score (nSPS) is 13.7. The van der Waals surface area contributed by atoms with Gasteiger partial charge in [-0.2, -0.15) is 0 Å². The van der Waals surface area contributed by atoms with Crippen LogP contribution in [0.25, 0.3) is 0 Å². The molecule has 0 aliphatic carbocycles. The molecule has 0 atom stereocenters. The minimum atomic E-state index is -0.425. The van der Waals surface area contributed by atoms with Crippen molar-refractivity contribution in [2.24, 2.45) is 0 Å². The van der Waals surface area contributed by atoms with E-state index < -0.39 is 6.09 Å². The van der Waals surface area contributed by atoms with Crippen LogP contribution in [0.3, 0.4) is 0 Å². The molecule has 1 aliphatic heterocycles. The van der Waals surface area contributed by atoms with E-state index in [2.05, 4.69) is 15.4 Å². The van der Waals surface area contributed by atoms with Crippen LogP contribution >= 0.6 is 0 Å². The van der Waals surface area contributed by atoms with E-state index in [1.54, 1.807) is 33.6 Å². The molecule has 1 aromatic heterocycles. The number of carbonyl (C=O) groups excluding carboxylic acids is 1. The summed E-state index contributed by atoms with van der Waals surface area (Å²) in [5.41, 5.74) is 6.45. The summed E-state index contributed by atoms with van der Waals surface area (Å²) >= 11 is 0. The molecule has 0 saturated heterocycles. The second-order valence-corrected chi connectivity index (χ2v) is 6.02. The van der Waals surface area contributed by atoms with Gasteiger partial charge in [0.05, 0.1) is 12.8 Å². The SMILES string of the molecule is COc1ccc2c(c1OC(=O)N(C)C)CN(Nc1ccncc1)CC2. The Kier molecular flexibility index (Phi) is 5.04. The third-order valence-electron chi connectivity index (χ3n) is 4.06. The van der Waals surface area contributed by atoms with Gasteiger partial charge in [-0.05, 0) is 30.2 Å². The summed E-state index contributed by atoms with van der Waals surface area (Å²) in [5.74, 6) is 1.04. The summed E-state index contributed by atoms with van der Waals surface area (Å²) in [6.07, 6.45) is 3.91. The fourth-order valence-corrected chi connectivity index (χ4v) is 2.74. The molecule has 0 bridgehead atoms. The molecule has 25 heavy (non-hydrogen) atoms. The maximum atomic E-state index is 12.1. The van der Waals surface area contributed by atoms with Crippen LogP contribution in [-0.2, 0) is 13.0 Å². The molecule has 1 aliphatic rings. The Balaban J connectivity index is 1.87. The Bertz CT molecular complexity index is 749. The molecule has 7 heteroatoms. The molecule has 1 aromatic carbocycles. The largest absolute Gasteiger partial charge is 0.493 e. The van der Waals surface area contributed by atoms with Crippen molar-refractivity contribution in [2.75, 3.05) is 33.2 Å². The molecular weight excluding hydrogens is 320 g/mol. The van der Waals surface area contributed by atoms with Gasteiger partial charge in [-0.15, -0.1) is 0 Å². The summed E-state index contributed by atoms with van der Waals surface area (Å²) in [4.78, 5) is 17.5. The minimum absolute atomic E-state index is 0.425. The van der Waals surface area contributed by atoms with Crippen molar-refractivity contribution >= 4 is 11.8 Å². The predicted octanol–water partition coefficient (Wildman–Crippen LogP) is 2.54. The zero-order valence-corrected chi connectivity index (χ0v) is 14.7. The van der Waals surface area contributed by atoms with Crippen molar-refractivity contribution in [3.63, 3.8) is 0 Å². The number of hydrogen-bond donors (Lipinski definition) is 1. The van der Waals surface area contributed by atoms with E-state index in [1.807, 2.05) is 24.3 Å². The number of fused-ring (bicyclic) bond motifs is 1. The van der Waals surface area contributed by atoms with Crippen LogP contribution in [0, 0.1) is 0 Å². The minimum Gasteiger partial charge on any atom is -0.493 e. The summed E-state index contributed by atoms with van der Waals surface area (Å²) in [7, 11) is 4.88. The van der Waals surface area contributed by atoms with E-state index >= 15 is 0 Å². The van der Waals surface area contributed by atoms with Crippen LogP contribution in [0.1, 0.15) is 11.1 Å². The van der Waals surface area contributed by atoms with Crippen LogP contribution in [0.15, 0.2) is 36.7 Å². The number of amides is 1. The van der Waals surface area contributed by atoms with Crippen LogP contribution in [0.4, 0.5) is 10.5 Å². The molecule has 1 amide bonds. The van der Waals surface area contributed by atoms with Crippen molar-refractivity contribution in [3.05, 3.63) is 47.8 Å². The first-order chi connectivity index (χ1) is 12.1. The van der Waals surface area contributed by atoms with Gasteiger partial charge in [0.25, 0.3) is 0 Å². The lowest BCUT2D eigenvalue weighted by Gasteiger charge is -2.31. The van der Waals surface area contributed by atoms with Gasteiger partial charge < -0.3 is 19.8 Å². The number of nitrogens with zero attached hydrogens (tertiary/aromatic N) is 3. The topological polar surface area (TPSA) is 66.9 Å². The predicted molar refractivity (Wildman–Crippen MR) is 94.7 cm³/mol. The van der Waals surface area contributed by atoms with E-state index in [9.17, 15) is 4.79 Å². The first-order valence-corrected chi connectivity index (χ1v) is 8.08. The van der Waals surface area contributed by atoms with E-state index in [-0.39, 0.29) is 0 Å². The molecule has 3 rings (SSSR count). The summed E-state index contributed by atoms with van der Waals surface area (Å²) in [6, 6.07) is 7.70.